The third-order valence-corrected chi connectivity index (χ3v) is 0. The molecule has 0 saturated carbocycles. The summed E-state index contributed by atoms with van der Waals surface area (Å²) >= 11 is 0. The molecule has 0 fully saturated rings. The smallest absolute Gasteiger partial charge is 0.183 e. The van der Waals surface area contributed by atoms with Crippen molar-refractivity contribution >= 4 is 0 Å². The Morgan fingerprint density at radius 3 is 1.17 bits per heavy atom. The number of hydrogen-bond donors (Lipinski definition) is 1. The largest absolute Gasteiger partial charge is 2.00 e. The Hall–Kier alpha value is 0.649. The van der Waals surface area contributed by atoms with Gasteiger partial charge >= 0.3 is 17.1 Å². The Labute approximate surface area is 46.6 Å². The average molecular weight is 155 g/mol. The third-order valence-electron chi connectivity index (χ3n) is 0. The second kappa shape index (κ2) is 2.76. The summed E-state index contributed by atoms with van der Waals surface area (Å²) in [6, 6.07) is 0. The van der Waals surface area contributed by atoms with Crippen molar-refractivity contribution in [2.75, 3.05) is 0 Å². The van der Waals surface area contributed by atoms with E-state index in [0.717, 1.165) is 0 Å². The van der Waals surface area contributed by atoms with Crippen molar-refractivity contribution in [3.63, 3.8) is 0 Å². The standard InChI is InChI=1S/ClHO4.Mn/c2-1(3,4)5;/h(H,2,3,4,5);/q;+2. The molecular formula is HClMnO4+2. The fourth-order valence-corrected chi connectivity index (χ4v) is 0. The van der Waals surface area contributed by atoms with Gasteiger partial charge in [-0.3, -0.25) is 0 Å². The van der Waals surface area contributed by atoms with Crippen molar-refractivity contribution in [2.24, 2.45) is 0 Å². The van der Waals surface area contributed by atoms with Crippen LogP contribution in [0.2, 0.25) is 0 Å². The summed E-state index contributed by atoms with van der Waals surface area (Å²) in [5.41, 5.74) is 0. The van der Waals surface area contributed by atoms with Gasteiger partial charge in [-0.2, -0.15) is 14.0 Å². The molecule has 1 radical (unpaired) electrons. The second-order valence-electron chi connectivity index (χ2n) is 0.396. The van der Waals surface area contributed by atoms with E-state index in [1.54, 1.807) is 0 Å². The summed E-state index contributed by atoms with van der Waals surface area (Å²) in [4.78, 5) is 0. The van der Waals surface area contributed by atoms with E-state index < -0.39 is 10.2 Å². The summed E-state index contributed by atoms with van der Waals surface area (Å²) in [7, 11) is -4.69. The van der Waals surface area contributed by atoms with E-state index in [4.69, 9.17) is 18.6 Å². The van der Waals surface area contributed by atoms with Crippen LogP contribution in [0.3, 0.4) is 0 Å². The zero-order chi connectivity index (χ0) is 4.50. The molecule has 0 atom stereocenters. The van der Waals surface area contributed by atoms with E-state index in [0.29, 0.717) is 0 Å². The molecule has 4 nitrogen and oxygen atoms in total. The van der Waals surface area contributed by atoms with Crippen molar-refractivity contribution < 1.29 is 45.9 Å². The minimum atomic E-state index is -4.69. The predicted molar refractivity (Wildman–Crippen MR) is 2.22 cm³/mol. The normalized spacial score (nSPS) is 10.0. The maximum Gasteiger partial charge on any atom is 2.00 e. The Bertz CT molecular complexity index is 23.0. The van der Waals surface area contributed by atoms with Gasteiger partial charge in [-0.1, -0.05) is 0 Å². The maximum absolute atomic E-state index is 8.60. The van der Waals surface area contributed by atoms with Crippen LogP contribution in [0.15, 0.2) is 0 Å². The van der Waals surface area contributed by atoms with Gasteiger partial charge < -0.3 is 0 Å². The zero-order valence-electron chi connectivity index (χ0n) is 2.43. The minimum Gasteiger partial charge on any atom is -0.183 e. The van der Waals surface area contributed by atoms with Gasteiger partial charge in [0, 0.05) is 0 Å². The Morgan fingerprint density at radius 2 is 1.17 bits per heavy atom. The van der Waals surface area contributed by atoms with Gasteiger partial charge in [0.05, 0.1) is 14.9 Å². The van der Waals surface area contributed by atoms with Gasteiger partial charge in [0.1, 0.15) is 0 Å². The number of halogens is 1. The molecule has 0 unspecified atom stereocenters. The van der Waals surface area contributed by atoms with Crippen LogP contribution in [0.4, 0.5) is 0 Å². The van der Waals surface area contributed by atoms with Crippen LogP contribution >= 0.6 is 0 Å². The second-order valence-corrected chi connectivity index (χ2v) is 1.19. The summed E-state index contributed by atoms with van der Waals surface area (Å²) in [5.74, 6) is 0. The van der Waals surface area contributed by atoms with Gasteiger partial charge in [-0.25, -0.2) is 0 Å². The first kappa shape index (κ1) is 9.82. The van der Waals surface area contributed by atoms with Crippen LogP contribution in [0, 0.1) is 10.2 Å². The van der Waals surface area contributed by atoms with Crippen LogP contribution in [0.1, 0.15) is 0 Å². The number of rotatable bonds is 0. The molecule has 0 amide bonds. The molecule has 0 aliphatic carbocycles. The molecule has 0 saturated heterocycles. The van der Waals surface area contributed by atoms with Crippen molar-refractivity contribution in [1.29, 1.82) is 0 Å². The number of hydrogen-bond acceptors (Lipinski definition) is 4. The summed E-state index contributed by atoms with van der Waals surface area (Å²) in [6.07, 6.45) is 0. The first-order valence-corrected chi connectivity index (χ1v) is 1.90. The molecule has 6 heteroatoms. The van der Waals surface area contributed by atoms with Crippen LogP contribution in [0.5, 0.6) is 0 Å². The molecule has 0 aliphatic rings. The van der Waals surface area contributed by atoms with Crippen molar-refractivity contribution in [1.82, 2.24) is 0 Å². The summed E-state index contributed by atoms with van der Waals surface area (Å²) < 4.78 is 32.7. The van der Waals surface area contributed by atoms with E-state index in [1.165, 1.54) is 0 Å². The Kier molecular flexibility index (Phi) is 4.52. The average Bonchev–Trinajstić information content (AvgIpc) is 0.722. The van der Waals surface area contributed by atoms with Gasteiger partial charge in [-0.05, 0) is 0 Å². The molecule has 0 aliphatic heterocycles. The third kappa shape index (κ3) is 147. The topological polar surface area (TPSA) is 89.4 Å². The predicted octanol–water partition coefficient (Wildman–Crippen LogP) is -4.13. The van der Waals surface area contributed by atoms with Crippen LogP contribution in [-0.4, -0.2) is 4.66 Å². The van der Waals surface area contributed by atoms with E-state index in [9.17, 15) is 0 Å². The van der Waals surface area contributed by atoms with Crippen LogP contribution < -0.4 is 14.0 Å². The minimum absolute atomic E-state index is 0. The molecule has 0 heterocycles. The van der Waals surface area contributed by atoms with Gasteiger partial charge in [0.15, 0.2) is 0 Å². The van der Waals surface area contributed by atoms with Gasteiger partial charge in [0.2, 0.25) is 0 Å². The first-order valence-electron chi connectivity index (χ1n) is 0.632. The molecule has 0 rings (SSSR count). The quantitative estimate of drug-likeness (QED) is 0.360. The first-order chi connectivity index (χ1) is 2.00. The fraction of sp³-hybridized carbons (Fsp3) is 0. The molecule has 6 heavy (non-hydrogen) atoms. The SMILES string of the molecule is [Mn+2].[O-][Cl+3]([O-])([O-])O. The Balaban J connectivity index is 0. The Morgan fingerprint density at radius 1 is 1.17 bits per heavy atom. The summed E-state index contributed by atoms with van der Waals surface area (Å²) in [6.45, 7) is 0. The van der Waals surface area contributed by atoms with Crippen LogP contribution in [0.25, 0.3) is 0 Å². The van der Waals surface area contributed by atoms with Crippen molar-refractivity contribution in [3.05, 3.63) is 0 Å². The molecule has 0 aromatic carbocycles. The molecule has 0 spiro atoms. The fourth-order valence-electron chi connectivity index (χ4n) is 0. The van der Waals surface area contributed by atoms with Gasteiger partial charge in [0.25, 0.3) is 0 Å². The molecule has 37 valence electrons. The maximum atomic E-state index is 8.60. The van der Waals surface area contributed by atoms with E-state index >= 15 is 0 Å². The summed E-state index contributed by atoms with van der Waals surface area (Å²) in [5, 5.41) is 0. The monoisotopic (exact) mass is 155 g/mol. The van der Waals surface area contributed by atoms with Gasteiger partial charge in [-0.15, -0.1) is 0 Å². The molecule has 1 N–H and O–H groups in total. The van der Waals surface area contributed by atoms with E-state index in [2.05, 4.69) is 0 Å². The van der Waals surface area contributed by atoms with Crippen molar-refractivity contribution in [2.45, 2.75) is 0 Å². The van der Waals surface area contributed by atoms with Crippen LogP contribution in [-0.2, 0) is 17.1 Å². The molecule has 0 bridgehead atoms. The zero-order valence-corrected chi connectivity index (χ0v) is 4.36. The molecular weight excluding hydrogens is 154 g/mol. The molecule has 0 aromatic rings. The van der Waals surface area contributed by atoms with E-state index in [1.807, 2.05) is 0 Å². The van der Waals surface area contributed by atoms with Crippen molar-refractivity contribution in [3.8, 4) is 0 Å². The molecule has 0 aromatic heterocycles. The van der Waals surface area contributed by atoms with E-state index in [-0.39, 0.29) is 17.1 Å².